The molecule has 0 bridgehead atoms. The minimum absolute atomic E-state index is 0.0203. The van der Waals surface area contributed by atoms with Crippen LogP contribution in [0.15, 0.2) is 54.6 Å². The number of rotatable bonds is 5. The molecule has 1 amide bonds. The van der Waals surface area contributed by atoms with Crippen molar-refractivity contribution in [1.82, 2.24) is 0 Å². The topological polar surface area (TPSA) is 133 Å². The number of nitro benzene ring substituents is 1. The normalized spacial score (nSPS) is 11.9. The Balaban J connectivity index is 1.60. The first-order valence-electron chi connectivity index (χ1n) is 9.92. The Labute approximate surface area is 191 Å². The van der Waals surface area contributed by atoms with Crippen LogP contribution in [0.25, 0.3) is 0 Å². The molecule has 0 atom stereocenters. The third kappa shape index (κ3) is 3.92. The number of esters is 1. The predicted octanol–water partition coefficient (Wildman–Crippen LogP) is 3.61. The van der Waals surface area contributed by atoms with Crippen molar-refractivity contribution in [2.24, 2.45) is 0 Å². The number of carbonyl (C=O) groups excluding carboxylic acids is 4. The van der Waals surface area contributed by atoms with Crippen molar-refractivity contribution in [2.75, 3.05) is 11.9 Å². The van der Waals surface area contributed by atoms with Gasteiger partial charge >= 0.3 is 5.97 Å². The first-order valence-corrected chi connectivity index (χ1v) is 9.92. The molecule has 1 aliphatic carbocycles. The zero-order valence-corrected chi connectivity index (χ0v) is 17.6. The first-order chi connectivity index (χ1) is 16.2. The van der Waals surface area contributed by atoms with E-state index in [1.807, 2.05) is 0 Å². The molecule has 34 heavy (non-hydrogen) atoms. The minimum Gasteiger partial charge on any atom is -0.452 e. The number of benzene rings is 3. The zero-order chi connectivity index (χ0) is 24.6. The highest BCUT2D eigenvalue weighted by Gasteiger charge is 2.39. The van der Waals surface area contributed by atoms with Gasteiger partial charge in [0.15, 0.2) is 12.4 Å². The van der Waals surface area contributed by atoms with Crippen LogP contribution in [0.4, 0.5) is 15.8 Å². The SMILES string of the molecule is Cc1ccc(NC(=O)COC(=O)c2ccc3c(c2[N+](=O)[O-])C(=O)c2ccccc2C3=O)c(F)c1. The second kappa shape index (κ2) is 8.66. The van der Waals surface area contributed by atoms with Crippen molar-refractivity contribution in [2.45, 2.75) is 6.92 Å². The molecular formula is C24H15FN2O7. The Hall–Kier alpha value is -4.73. The van der Waals surface area contributed by atoms with Crippen LogP contribution in [0.5, 0.6) is 0 Å². The van der Waals surface area contributed by atoms with Crippen LogP contribution in [-0.2, 0) is 9.53 Å². The third-order valence-corrected chi connectivity index (χ3v) is 5.20. The van der Waals surface area contributed by atoms with Crippen LogP contribution in [0.2, 0.25) is 0 Å². The number of nitro groups is 1. The summed E-state index contributed by atoms with van der Waals surface area (Å²) in [6, 6.07) is 12.1. The second-order valence-electron chi connectivity index (χ2n) is 7.45. The van der Waals surface area contributed by atoms with E-state index >= 15 is 0 Å². The molecule has 10 heteroatoms. The average Bonchev–Trinajstić information content (AvgIpc) is 2.81. The van der Waals surface area contributed by atoms with Crippen LogP contribution in [0, 0.1) is 22.9 Å². The molecule has 0 aromatic heterocycles. The Bertz CT molecular complexity index is 1410. The lowest BCUT2D eigenvalue weighted by molar-refractivity contribution is -0.385. The summed E-state index contributed by atoms with van der Waals surface area (Å²) in [5, 5.41) is 14.1. The number of halogens is 1. The van der Waals surface area contributed by atoms with Gasteiger partial charge in [-0.15, -0.1) is 0 Å². The second-order valence-corrected chi connectivity index (χ2v) is 7.45. The van der Waals surface area contributed by atoms with Crippen LogP contribution in [-0.4, -0.2) is 35.0 Å². The molecule has 0 heterocycles. The molecule has 0 saturated heterocycles. The summed E-state index contributed by atoms with van der Waals surface area (Å²) >= 11 is 0. The molecule has 0 spiro atoms. The molecule has 1 N–H and O–H groups in total. The average molecular weight is 462 g/mol. The summed E-state index contributed by atoms with van der Waals surface area (Å²) < 4.78 is 18.8. The van der Waals surface area contributed by atoms with E-state index in [0.717, 1.165) is 12.1 Å². The number of amides is 1. The van der Waals surface area contributed by atoms with Gasteiger partial charge in [0.2, 0.25) is 5.78 Å². The Kier molecular flexibility index (Phi) is 5.72. The highest BCUT2D eigenvalue weighted by atomic mass is 19.1. The number of aryl methyl sites for hydroxylation is 1. The van der Waals surface area contributed by atoms with E-state index in [4.69, 9.17) is 4.74 Å². The summed E-state index contributed by atoms with van der Waals surface area (Å²) in [7, 11) is 0. The first kappa shape index (κ1) is 22.5. The van der Waals surface area contributed by atoms with Gasteiger partial charge < -0.3 is 10.1 Å². The van der Waals surface area contributed by atoms with E-state index in [-0.39, 0.29) is 22.4 Å². The number of nitrogens with zero attached hydrogens (tertiary/aromatic N) is 1. The van der Waals surface area contributed by atoms with Gasteiger partial charge in [-0.05, 0) is 36.8 Å². The number of hydrogen-bond donors (Lipinski definition) is 1. The van der Waals surface area contributed by atoms with E-state index in [2.05, 4.69) is 5.32 Å². The van der Waals surface area contributed by atoms with E-state index in [0.29, 0.717) is 5.56 Å². The highest BCUT2D eigenvalue weighted by molar-refractivity contribution is 6.30. The molecule has 170 valence electrons. The molecule has 3 aromatic carbocycles. The fourth-order valence-corrected chi connectivity index (χ4v) is 3.64. The van der Waals surface area contributed by atoms with E-state index in [9.17, 15) is 33.7 Å². The summed E-state index contributed by atoms with van der Waals surface area (Å²) in [6.07, 6.45) is 0. The summed E-state index contributed by atoms with van der Waals surface area (Å²) in [6.45, 7) is 0.801. The standard InChI is InChI=1S/C24H15FN2O7/c1-12-6-9-18(17(25)10-12)26-19(28)11-34-24(31)16-8-7-15-20(21(16)27(32)33)23(30)14-5-3-2-4-13(14)22(15)29/h2-10H,11H2,1H3,(H,26,28). The summed E-state index contributed by atoms with van der Waals surface area (Å²) in [5.74, 6) is -4.19. The quantitative estimate of drug-likeness (QED) is 0.272. The van der Waals surface area contributed by atoms with Crippen molar-refractivity contribution in [3.63, 3.8) is 0 Å². The summed E-state index contributed by atoms with van der Waals surface area (Å²) in [4.78, 5) is 61.3. The van der Waals surface area contributed by atoms with Gasteiger partial charge in [0, 0.05) is 16.7 Å². The van der Waals surface area contributed by atoms with Crippen LogP contribution >= 0.6 is 0 Å². The number of ether oxygens (including phenoxy) is 1. The maximum absolute atomic E-state index is 13.9. The lowest BCUT2D eigenvalue weighted by atomic mass is 9.82. The van der Waals surface area contributed by atoms with Crippen LogP contribution in [0.1, 0.15) is 47.8 Å². The van der Waals surface area contributed by atoms with Crippen molar-refractivity contribution in [1.29, 1.82) is 0 Å². The minimum atomic E-state index is -1.26. The number of ketones is 2. The van der Waals surface area contributed by atoms with Crippen LogP contribution < -0.4 is 5.32 Å². The van der Waals surface area contributed by atoms with Crippen molar-refractivity contribution >= 4 is 34.8 Å². The third-order valence-electron chi connectivity index (χ3n) is 5.20. The molecule has 0 radical (unpaired) electrons. The fourth-order valence-electron chi connectivity index (χ4n) is 3.64. The molecule has 0 saturated carbocycles. The van der Waals surface area contributed by atoms with Gasteiger partial charge in [0.1, 0.15) is 16.9 Å². The highest BCUT2D eigenvalue weighted by Crippen LogP contribution is 2.35. The largest absolute Gasteiger partial charge is 0.452 e. The Morgan fingerprint density at radius 2 is 1.68 bits per heavy atom. The monoisotopic (exact) mass is 462 g/mol. The van der Waals surface area contributed by atoms with E-state index in [1.54, 1.807) is 19.1 Å². The molecule has 0 unspecified atom stereocenters. The van der Waals surface area contributed by atoms with Crippen molar-refractivity contribution < 1.29 is 33.2 Å². The van der Waals surface area contributed by atoms with Crippen molar-refractivity contribution in [3.8, 4) is 0 Å². The lowest BCUT2D eigenvalue weighted by Gasteiger charge is -2.18. The van der Waals surface area contributed by atoms with Gasteiger partial charge in [-0.1, -0.05) is 30.3 Å². The number of anilines is 1. The van der Waals surface area contributed by atoms with Gasteiger partial charge in [0.05, 0.1) is 10.6 Å². The lowest BCUT2D eigenvalue weighted by Crippen LogP contribution is -2.25. The fraction of sp³-hybridized carbons (Fsp3) is 0.0833. The van der Waals surface area contributed by atoms with Gasteiger partial charge in [-0.3, -0.25) is 24.5 Å². The molecule has 3 aromatic rings. The molecular weight excluding hydrogens is 447 g/mol. The van der Waals surface area contributed by atoms with Gasteiger partial charge in [-0.2, -0.15) is 0 Å². The number of carbonyl (C=O) groups is 4. The number of hydrogen-bond acceptors (Lipinski definition) is 7. The Morgan fingerprint density at radius 1 is 1.00 bits per heavy atom. The number of fused-ring (bicyclic) bond motifs is 2. The maximum atomic E-state index is 13.9. The van der Waals surface area contributed by atoms with Gasteiger partial charge in [-0.25, -0.2) is 9.18 Å². The van der Waals surface area contributed by atoms with Crippen molar-refractivity contribution in [3.05, 3.63) is 104 Å². The molecule has 1 aliphatic rings. The predicted molar refractivity (Wildman–Crippen MR) is 116 cm³/mol. The number of nitrogens with one attached hydrogen (secondary N) is 1. The molecule has 4 rings (SSSR count). The van der Waals surface area contributed by atoms with Crippen LogP contribution in [0.3, 0.4) is 0 Å². The smallest absolute Gasteiger partial charge is 0.345 e. The zero-order valence-electron chi connectivity index (χ0n) is 17.6. The van der Waals surface area contributed by atoms with Gasteiger partial charge in [0.25, 0.3) is 11.6 Å². The summed E-state index contributed by atoms with van der Waals surface area (Å²) in [5.41, 5.74) is -1.63. The Morgan fingerprint density at radius 3 is 2.32 bits per heavy atom. The van der Waals surface area contributed by atoms with E-state index < -0.39 is 57.6 Å². The molecule has 0 aliphatic heterocycles. The molecule has 9 nitrogen and oxygen atoms in total. The maximum Gasteiger partial charge on any atom is 0.345 e. The van der Waals surface area contributed by atoms with E-state index in [1.165, 1.54) is 30.3 Å². The molecule has 0 fully saturated rings.